The van der Waals surface area contributed by atoms with Gasteiger partial charge in [-0.05, 0) is 49.8 Å². The summed E-state index contributed by atoms with van der Waals surface area (Å²) in [5.74, 6) is 0.208. The maximum Gasteiger partial charge on any atom is 0.224 e. The van der Waals surface area contributed by atoms with Gasteiger partial charge in [-0.1, -0.05) is 12.1 Å². The van der Waals surface area contributed by atoms with Gasteiger partial charge in [0.25, 0.3) is 0 Å². The zero-order valence-electron chi connectivity index (χ0n) is 11.8. The zero-order chi connectivity index (χ0) is 14.2. The molecule has 4 heteroatoms. The lowest BCUT2D eigenvalue weighted by atomic mass is 10.1. The molecule has 0 aliphatic carbocycles. The van der Waals surface area contributed by atoms with E-state index in [4.69, 9.17) is 4.74 Å². The third kappa shape index (κ3) is 5.21. The standard InChI is InChI=1S/C16H23NO3/c18-14-6-3-5-13(11-14)12-16(19)17-9-2-1-7-15-8-4-10-20-15/h3,5-6,11,15,18H,1-2,4,7-10,12H2,(H,17,19). The topological polar surface area (TPSA) is 58.6 Å². The summed E-state index contributed by atoms with van der Waals surface area (Å²) in [6.45, 7) is 1.62. The summed E-state index contributed by atoms with van der Waals surface area (Å²) in [5, 5.41) is 12.2. The zero-order valence-corrected chi connectivity index (χ0v) is 11.8. The lowest BCUT2D eigenvalue weighted by Gasteiger charge is -2.09. The van der Waals surface area contributed by atoms with Gasteiger partial charge in [-0.25, -0.2) is 0 Å². The molecule has 20 heavy (non-hydrogen) atoms. The molecule has 1 atom stereocenters. The number of hydrogen-bond acceptors (Lipinski definition) is 3. The first-order valence-corrected chi connectivity index (χ1v) is 7.40. The van der Waals surface area contributed by atoms with Crippen LogP contribution in [-0.4, -0.2) is 30.3 Å². The Morgan fingerprint density at radius 1 is 1.40 bits per heavy atom. The third-order valence-electron chi connectivity index (χ3n) is 3.57. The number of aromatic hydroxyl groups is 1. The van der Waals surface area contributed by atoms with Crippen molar-refractivity contribution in [2.24, 2.45) is 0 Å². The normalized spacial score (nSPS) is 18.1. The highest BCUT2D eigenvalue weighted by Crippen LogP contribution is 2.17. The van der Waals surface area contributed by atoms with Crippen LogP contribution in [0.2, 0.25) is 0 Å². The van der Waals surface area contributed by atoms with E-state index in [9.17, 15) is 9.90 Å². The molecule has 4 nitrogen and oxygen atoms in total. The van der Waals surface area contributed by atoms with E-state index in [-0.39, 0.29) is 11.7 Å². The molecular weight excluding hydrogens is 254 g/mol. The number of amides is 1. The van der Waals surface area contributed by atoms with Crippen LogP contribution in [0.1, 0.15) is 37.7 Å². The van der Waals surface area contributed by atoms with Crippen molar-refractivity contribution in [1.82, 2.24) is 5.32 Å². The van der Waals surface area contributed by atoms with Crippen molar-refractivity contribution in [2.45, 2.75) is 44.6 Å². The minimum atomic E-state index is 0.00714. The number of carbonyl (C=O) groups is 1. The molecule has 1 aliphatic heterocycles. The Hall–Kier alpha value is -1.55. The first-order valence-electron chi connectivity index (χ1n) is 7.40. The smallest absolute Gasteiger partial charge is 0.224 e. The van der Waals surface area contributed by atoms with Gasteiger partial charge in [0.2, 0.25) is 5.91 Å². The monoisotopic (exact) mass is 277 g/mol. The molecular formula is C16H23NO3. The summed E-state index contributed by atoms with van der Waals surface area (Å²) in [6.07, 6.45) is 6.32. The predicted molar refractivity (Wildman–Crippen MR) is 77.6 cm³/mol. The summed E-state index contributed by atoms with van der Waals surface area (Å²) in [4.78, 5) is 11.7. The van der Waals surface area contributed by atoms with Crippen LogP contribution >= 0.6 is 0 Å². The molecule has 1 unspecified atom stereocenters. The number of phenols is 1. The first kappa shape index (κ1) is 14.9. The minimum absolute atomic E-state index is 0.00714. The maximum absolute atomic E-state index is 11.7. The Kier molecular flexibility index (Phi) is 5.87. The Bertz CT molecular complexity index is 427. The van der Waals surface area contributed by atoms with Crippen molar-refractivity contribution < 1.29 is 14.6 Å². The Balaban J connectivity index is 1.55. The van der Waals surface area contributed by atoms with Crippen molar-refractivity contribution in [3.05, 3.63) is 29.8 Å². The van der Waals surface area contributed by atoms with Gasteiger partial charge in [-0.15, -0.1) is 0 Å². The Morgan fingerprint density at radius 3 is 3.05 bits per heavy atom. The van der Waals surface area contributed by atoms with Crippen LogP contribution in [0.25, 0.3) is 0 Å². The van der Waals surface area contributed by atoms with Crippen LogP contribution in [0.5, 0.6) is 5.75 Å². The molecule has 1 amide bonds. The molecule has 0 bridgehead atoms. The number of rotatable bonds is 7. The molecule has 0 spiro atoms. The number of phenolic OH excluding ortho intramolecular Hbond substituents is 1. The van der Waals surface area contributed by atoms with E-state index in [0.29, 0.717) is 19.1 Å². The maximum atomic E-state index is 11.7. The van der Waals surface area contributed by atoms with Crippen molar-refractivity contribution in [3.63, 3.8) is 0 Å². The number of ether oxygens (including phenoxy) is 1. The number of carbonyl (C=O) groups excluding carboxylic acids is 1. The quantitative estimate of drug-likeness (QED) is 0.752. The molecule has 1 fully saturated rings. The third-order valence-corrected chi connectivity index (χ3v) is 3.57. The van der Waals surface area contributed by atoms with Crippen LogP contribution in [0, 0.1) is 0 Å². The molecule has 1 aromatic rings. The fourth-order valence-corrected chi connectivity index (χ4v) is 2.51. The van der Waals surface area contributed by atoms with Crippen LogP contribution in [-0.2, 0) is 16.0 Å². The summed E-state index contributed by atoms with van der Waals surface area (Å²) in [7, 11) is 0. The second-order valence-corrected chi connectivity index (χ2v) is 5.33. The summed E-state index contributed by atoms with van der Waals surface area (Å²) < 4.78 is 5.56. The predicted octanol–water partition coefficient (Wildman–Crippen LogP) is 2.40. The van der Waals surface area contributed by atoms with Crippen LogP contribution in [0.15, 0.2) is 24.3 Å². The number of unbranched alkanes of at least 4 members (excludes halogenated alkanes) is 1. The number of hydrogen-bond donors (Lipinski definition) is 2. The van der Waals surface area contributed by atoms with Gasteiger partial charge in [-0.2, -0.15) is 0 Å². The van der Waals surface area contributed by atoms with Crippen molar-refractivity contribution >= 4 is 5.91 Å². The van der Waals surface area contributed by atoms with E-state index in [1.165, 1.54) is 12.8 Å². The van der Waals surface area contributed by atoms with Gasteiger partial charge < -0.3 is 15.2 Å². The molecule has 1 saturated heterocycles. The Labute approximate surface area is 120 Å². The highest BCUT2D eigenvalue weighted by atomic mass is 16.5. The lowest BCUT2D eigenvalue weighted by molar-refractivity contribution is -0.120. The second-order valence-electron chi connectivity index (χ2n) is 5.33. The highest BCUT2D eigenvalue weighted by molar-refractivity contribution is 5.78. The van der Waals surface area contributed by atoms with Crippen LogP contribution in [0.3, 0.4) is 0 Å². The number of benzene rings is 1. The molecule has 2 rings (SSSR count). The van der Waals surface area contributed by atoms with Gasteiger partial charge in [0.1, 0.15) is 5.75 Å². The fourth-order valence-electron chi connectivity index (χ4n) is 2.51. The molecule has 0 aromatic heterocycles. The number of nitrogens with one attached hydrogen (secondary N) is 1. The average molecular weight is 277 g/mol. The van der Waals surface area contributed by atoms with Crippen molar-refractivity contribution in [2.75, 3.05) is 13.2 Å². The molecule has 0 saturated carbocycles. The van der Waals surface area contributed by atoms with Gasteiger partial charge in [0.05, 0.1) is 12.5 Å². The van der Waals surface area contributed by atoms with Crippen molar-refractivity contribution in [1.29, 1.82) is 0 Å². The van der Waals surface area contributed by atoms with Crippen LogP contribution in [0.4, 0.5) is 0 Å². The van der Waals surface area contributed by atoms with Crippen molar-refractivity contribution in [3.8, 4) is 5.75 Å². The van der Waals surface area contributed by atoms with Gasteiger partial charge in [-0.3, -0.25) is 4.79 Å². The Morgan fingerprint density at radius 2 is 2.30 bits per heavy atom. The van der Waals surface area contributed by atoms with E-state index in [0.717, 1.165) is 31.4 Å². The van der Waals surface area contributed by atoms with E-state index >= 15 is 0 Å². The average Bonchev–Trinajstić information content (AvgIpc) is 2.91. The summed E-state index contributed by atoms with van der Waals surface area (Å²) in [6, 6.07) is 6.82. The molecule has 2 N–H and O–H groups in total. The molecule has 1 heterocycles. The van der Waals surface area contributed by atoms with E-state index < -0.39 is 0 Å². The molecule has 1 aliphatic rings. The summed E-state index contributed by atoms with van der Waals surface area (Å²) in [5.41, 5.74) is 0.835. The lowest BCUT2D eigenvalue weighted by Crippen LogP contribution is -2.26. The first-order chi connectivity index (χ1) is 9.74. The van der Waals surface area contributed by atoms with Gasteiger partial charge in [0.15, 0.2) is 0 Å². The van der Waals surface area contributed by atoms with Gasteiger partial charge in [0, 0.05) is 13.2 Å². The fraction of sp³-hybridized carbons (Fsp3) is 0.562. The van der Waals surface area contributed by atoms with E-state index in [2.05, 4.69) is 5.32 Å². The van der Waals surface area contributed by atoms with E-state index in [1.807, 2.05) is 6.07 Å². The molecule has 110 valence electrons. The minimum Gasteiger partial charge on any atom is -0.508 e. The van der Waals surface area contributed by atoms with Gasteiger partial charge >= 0.3 is 0 Å². The largest absolute Gasteiger partial charge is 0.508 e. The molecule has 1 aromatic carbocycles. The SMILES string of the molecule is O=C(Cc1cccc(O)c1)NCCCCC1CCCO1. The van der Waals surface area contributed by atoms with E-state index in [1.54, 1.807) is 18.2 Å². The highest BCUT2D eigenvalue weighted by Gasteiger charge is 2.14. The molecule has 0 radical (unpaired) electrons. The van der Waals surface area contributed by atoms with Crippen LogP contribution < -0.4 is 5.32 Å². The second kappa shape index (κ2) is 7.90. The summed E-state index contributed by atoms with van der Waals surface area (Å²) >= 11 is 0.